The highest BCUT2D eigenvalue weighted by Crippen LogP contribution is 2.38. The fraction of sp³-hybridized carbons (Fsp3) is 0.138. The van der Waals surface area contributed by atoms with Gasteiger partial charge in [-0.2, -0.15) is 0 Å². The Morgan fingerprint density at radius 1 is 0.923 bits per heavy atom. The summed E-state index contributed by atoms with van der Waals surface area (Å²) in [5.74, 6) is 0.174. The largest absolute Gasteiger partial charge is 0.418 e. The predicted octanol–water partition coefficient (Wildman–Crippen LogP) is 6.33. The molecule has 0 atom stereocenters. The molecule has 3 aromatic heterocycles. The molecule has 3 heterocycles. The van der Waals surface area contributed by atoms with Crippen molar-refractivity contribution in [3.8, 4) is 17.0 Å². The predicted molar refractivity (Wildman–Crippen MR) is 151 cm³/mol. The second kappa shape index (κ2) is 10.2. The number of hydrogen-bond donors (Lipinski definition) is 3. The van der Waals surface area contributed by atoms with Gasteiger partial charge in [0.15, 0.2) is 0 Å². The molecule has 0 radical (unpaired) electrons. The van der Waals surface area contributed by atoms with Gasteiger partial charge in [0.2, 0.25) is 5.88 Å². The minimum Gasteiger partial charge on any atom is -0.392 e. The molecule has 5 rings (SSSR count). The summed E-state index contributed by atoms with van der Waals surface area (Å²) < 4.78 is 34.5. The van der Waals surface area contributed by atoms with E-state index in [0.29, 0.717) is 22.3 Å². The molecule has 9 nitrogen and oxygen atoms in total. The van der Waals surface area contributed by atoms with Crippen molar-refractivity contribution in [1.29, 1.82) is 0 Å². The van der Waals surface area contributed by atoms with Gasteiger partial charge in [-0.05, 0) is 46.9 Å². The number of benzene rings is 2. The summed E-state index contributed by atoms with van der Waals surface area (Å²) >= 11 is 0. The van der Waals surface area contributed by atoms with Gasteiger partial charge in [0.25, 0.3) is 10.0 Å². The van der Waals surface area contributed by atoms with Gasteiger partial charge in [-0.25, -0.2) is 18.2 Å². The molecule has 10 heteroatoms. The summed E-state index contributed by atoms with van der Waals surface area (Å²) in [6.45, 7) is 6.20. The van der Waals surface area contributed by atoms with E-state index >= 15 is 0 Å². The van der Waals surface area contributed by atoms with Crippen molar-refractivity contribution >= 4 is 38.5 Å². The van der Waals surface area contributed by atoms with Crippen molar-refractivity contribution in [2.24, 2.45) is 0 Å². The van der Waals surface area contributed by atoms with E-state index in [2.05, 4.69) is 45.8 Å². The van der Waals surface area contributed by atoms with Gasteiger partial charge in [-0.15, -0.1) is 0 Å². The number of aromatic amines is 1. The first-order valence-corrected chi connectivity index (χ1v) is 13.7. The number of nitrogens with zero attached hydrogens (tertiary/aromatic N) is 2. The van der Waals surface area contributed by atoms with E-state index in [-0.39, 0.29) is 21.9 Å². The lowest BCUT2D eigenvalue weighted by atomic mass is 9.87. The number of sulfonamides is 1. The van der Waals surface area contributed by atoms with Crippen molar-refractivity contribution in [1.82, 2.24) is 15.0 Å². The van der Waals surface area contributed by atoms with Crippen molar-refractivity contribution in [2.75, 3.05) is 10.0 Å². The topological polar surface area (TPSA) is 126 Å². The Bertz CT molecular complexity index is 1730. The zero-order valence-electron chi connectivity index (χ0n) is 21.6. The maximum absolute atomic E-state index is 13.1. The third kappa shape index (κ3) is 5.75. The summed E-state index contributed by atoms with van der Waals surface area (Å²) in [6.07, 6.45) is 3.82. The Labute approximate surface area is 226 Å². The first kappa shape index (κ1) is 25.9. The lowest BCUT2D eigenvalue weighted by Crippen LogP contribution is -2.17. The van der Waals surface area contributed by atoms with Crippen LogP contribution in [0.4, 0.5) is 16.2 Å². The molecular weight excluding hydrogens is 514 g/mol. The minimum absolute atomic E-state index is 0.0955. The normalized spacial score (nSPS) is 11.8. The van der Waals surface area contributed by atoms with E-state index < -0.39 is 16.1 Å². The Morgan fingerprint density at radius 2 is 1.62 bits per heavy atom. The standard InChI is InChI=1S/C29H27N5O4S/c1-29(2,3)20-9-11-23(12-10-20)39(36,37)34-22-17-24-25(19-7-5-4-6-8-19)27(33-26(24)31-18-22)38-28(35)32-21-13-15-30-16-14-21/h4-18,34H,1-3H3,(H,31,33)(H,30,32,35). The van der Waals surface area contributed by atoms with Crippen LogP contribution in [0.1, 0.15) is 26.3 Å². The van der Waals surface area contributed by atoms with Crippen LogP contribution >= 0.6 is 0 Å². The Kier molecular flexibility index (Phi) is 6.80. The van der Waals surface area contributed by atoms with E-state index in [4.69, 9.17) is 4.74 Å². The van der Waals surface area contributed by atoms with Crippen molar-refractivity contribution in [3.05, 3.63) is 97.0 Å². The maximum atomic E-state index is 13.1. The Hall–Kier alpha value is -4.70. The lowest BCUT2D eigenvalue weighted by Gasteiger charge is -2.19. The van der Waals surface area contributed by atoms with Gasteiger partial charge < -0.3 is 9.72 Å². The molecular formula is C29H27N5O4S. The van der Waals surface area contributed by atoms with E-state index in [9.17, 15) is 13.2 Å². The van der Waals surface area contributed by atoms with Crippen LogP contribution in [0.5, 0.6) is 5.88 Å². The number of carbonyl (C=O) groups excluding carboxylic acids is 1. The van der Waals surface area contributed by atoms with E-state index in [0.717, 1.165) is 11.1 Å². The first-order valence-electron chi connectivity index (χ1n) is 12.2. The van der Waals surface area contributed by atoms with Gasteiger partial charge in [-0.1, -0.05) is 63.2 Å². The molecule has 0 spiro atoms. The fourth-order valence-electron chi connectivity index (χ4n) is 4.09. The monoisotopic (exact) mass is 541 g/mol. The average Bonchev–Trinajstić information content (AvgIpc) is 3.26. The van der Waals surface area contributed by atoms with Gasteiger partial charge in [0.05, 0.1) is 22.3 Å². The molecule has 1 amide bonds. The maximum Gasteiger partial charge on any atom is 0.418 e. The molecule has 5 aromatic rings. The van der Waals surface area contributed by atoms with Gasteiger partial charge in [0, 0.05) is 23.5 Å². The number of anilines is 2. The molecule has 198 valence electrons. The minimum atomic E-state index is -3.87. The second-order valence-electron chi connectivity index (χ2n) is 9.95. The third-order valence-electron chi connectivity index (χ3n) is 6.08. The van der Waals surface area contributed by atoms with E-state index in [1.165, 1.54) is 6.20 Å². The number of pyridine rings is 2. The van der Waals surface area contributed by atoms with Crippen molar-refractivity contribution in [3.63, 3.8) is 0 Å². The fourth-order valence-corrected chi connectivity index (χ4v) is 5.12. The van der Waals surface area contributed by atoms with E-state index in [1.54, 1.807) is 42.7 Å². The number of hydrogen-bond acceptors (Lipinski definition) is 6. The number of H-pyrrole nitrogens is 1. The van der Waals surface area contributed by atoms with Crippen molar-refractivity contribution < 1.29 is 17.9 Å². The molecule has 0 saturated heterocycles. The van der Waals surface area contributed by atoms with Gasteiger partial charge in [-0.3, -0.25) is 15.0 Å². The van der Waals surface area contributed by atoms with Crippen LogP contribution in [-0.4, -0.2) is 29.5 Å². The van der Waals surface area contributed by atoms with Gasteiger partial charge >= 0.3 is 6.09 Å². The number of carbonyl (C=O) groups is 1. The number of fused-ring (bicyclic) bond motifs is 1. The molecule has 0 fully saturated rings. The summed E-state index contributed by atoms with van der Waals surface area (Å²) in [7, 11) is -3.87. The van der Waals surface area contributed by atoms with Crippen LogP contribution in [0.3, 0.4) is 0 Å². The molecule has 0 aliphatic heterocycles. The highest BCUT2D eigenvalue weighted by Gasteiger charge is 2.21. The highest BCUT2D eigenvalue weighted by atomic mass is 32.2. The van der Waals surface area contributed by atoms with E-state index in [1.807, 2.05) is 42.5 Å². The van der Waals surface area contributed by atoms with Crippen LogP contribution < -0.4 is 14.8 Å². The molecule has 0 aliphatic carbocycles. The summed E-state index contributed by atoms with van der Waals surface area (Å²) in [4.78, 5) is 24.2. The van der Waals surface area contributed by atoms with Crippen LogP contribution in [0, 0.1) is 0 Å². The zero-order chi connectivity index (χ0) is 27.6. The number of amides is 1. The van der Waals surface area contributed by atoms with Crippen LogP contribution in [0.15, 0.2) is 96.3 Å². The molecule has 0 unspecified atom stereocenters. The Balaban J connectivity index is 1.48. The van der Waals surface area contributed by atoms with Crippen LogP contribution in [-0.2, 0) is 15.4 Å². The lowest BCUT2D eigenvalue weighted by molar-refractivity contribution is 0.214. The highest BCUT2D eigenvalue weighted by molar-refractivity contribution is 7.92. The molecule has 0 saturated carbocycles. The molecule has 39 heavy (non-hydrogen) atoms. The van der Waals surface area contributed by atoms with Crippen molar-refractivity contribution in [2.45, 2.75) is 31.1 Å². The SMILES string of the molecule is CC(C)(C)c1ccc(S(=O)(=O)Nc2cnc3[nH]c(OC(=O)Nc4ccncc4)c(-c4ccccc4)c3c2)cc1. The molecule has 2 aromatic carbocycles. The summed E-state index contributed by atoms with van der Waals surface area (Å²) in [5.41, 5.74) is 3.49. The van der Waals surface area contributed by atoms with Gasteiger partial charge in [0.1, 0.15) is 5.65 Å². The Morgan fingerprint density at radius 3 is 2.28 bits per heavy atom. The quantitative estimate of drug-likeness (QED) is 0.230. The number of nitrogens with one attached hydrogen (secondary N) is 3. The molecule has 0 aliphatic rings. The number of ether oxygens (including phenoxy) is 1. The molecule has 3 N–H and O–H groups in total. The van der Waals surface area contributed by atoms with Crippen LogP contribution in [0.2, 0.25) is 0 Å². The average molecular weight is 542 g/mol. The smallest absolute Gasteiger partial charge is 0.392 e. The van der Waals surface area contributed by atoms with Crippen LogP contribution in [0.25, 0.3) is 22.2 Å². The first-order chi connectivity index (χ1) is 18.6. The number of rotatable bonds is 6. The summed E-state index contributed by atoms with van der Waals surface area (Å²) in [6, 6.07) is 21.1. The number of aromatic nitrogens is 3. The molecule has 0 bridgehead atoms. The summed E-state index contributed by atoms with van der Waals surface area (Å²) in [5, 5.41) is 3.23. The third-order valence-corrected chi connectivity index (χ3v) is 7.48. The zero-order valence-corrected chi connectivity index (χ0v) is 22.4. The second-order valence-corrected chi connectivity index (χ2v) is 11.6.